The molecule has 2 aliphatic heterocycles. The number of rotatable bonds is 6. The number of methoxy groups -OCH3 is 2. The maximum atomic E-state index is 13.3. The molecule has 2 amide bonds. The van der Waals surface area contributed by atoms with Crippen LogP contribution in [0.5, 0.6) is 11.8 Å². The zero-order chi connectivity index (χ0) is 22.7. The van der Waals surface area contributed by atoms with Crippen molar-refractivity contribution in [2.45, 2.75) is 45.1 Å². The van der Waals surface area contributed by atoms with Crippen LogP contribution in [0.1, 0.15) is 53.0 Å². The summed E-state index contributed by atoms with van der Waals surface area (Å²) < 4.78 is 12.4. The lowest BCUT2D eigenvalue weighted by Crippen LogP contribution is -2.37. The van der Waals surface area contributed by atoms with Crippen LogP contribution in [0.2, 0.25) is 0 Å². The Labute approximate surface area is 188 Å². The van der Waals surface area contributed by atoms with E-state index in [2.05, 4.69) is 10.1 Å². The predicted octanol–water partition coefficient (Wildman–Crippen LogP) is 1.98. The van der Waals surface area contributed by atoms with E-state index < -0.39 is 0 Å². The van der Waals surface area contributed by atoms with Crippen molar-refractivity contribution in [3.05, 3.63) is 34.6 Å². The van der Waals surface area contributed by atoms with Crippen LogP contribution in [-0.4, -0.2) is 70.2 Å². The molecule has 0 unspecified atom stereocenters. The summed E-state index contributed by atoms with van der Waals surface area (Å²) in [6, 6.07) is 3.34. The third kappa shape index (κ3) is 4.42. The zero-order valence-electron chi connectivity index (χ0n) is 19.1. The summed E-state index contributed by atoms with van der Waals surface area (Å²) in [7, 11) is 4.95. The Morgan fingerprint density at radius 1 is 1.03 bits per heavy atom. The molecule has 9 nitrogen and oxygen atoms in total. The first-order chi connectivity index (χ1) is 15.5. The van der Waals surface area contributed by atoms with Crippen LogP contribution in [0.3, 0.4) is 0 Å². The number of fused-ring (bicyclic) bond motifs is 1. The number of amides is 2. The van der Waals surface area contributed by atoms with E-state index >= 15 is 0 Å². The number of carbonyl (C=O) groups excluding carboxylic acids is 2. The van der Waals surface area contributed by atoms with Gasteiger partial charge in [0.15, 0.2) is 0 Å². The van der Waals surface area contributed by atoms with Crippen LogP contribution >= 0.6 is 0 Å². The fourth-order valence-corrected chi connectivity index (χ4v) is 4.60. The van der Waals surface area contributed by atoms with Gasteiger partial charge in [-0.15, -0.1) is 0 Å². The number of piperidine rings is 1. The predicted molar refractivity (Wildman–Crippen MR) is 118 cm³/mol. The van der Waals surface area contributed by atoms with E-state index in [1.807, 2.05) is 16.6 Å². The minimum atomic E-state index is -0.137. The first-order valence-corrected chi connectivity index (χ1v) is 11.2. The first kappa shape index (κ1) is 22.1. The van der Waals surface area contributed by atoms with Crippen molar-refractivity contribution >= 4 is 11.8 Å². The molecular formula is C23H31N5O4. The Balaban J connectivity index is 1.48. The molecule has 0 aliphatic carbocycles. The molecule has 1 saturated heterocycles. The monoisotopic (exact) mass is 441 g/mol. The molecule has 2 aromatic rings. The van der Waals surface area contributed by atoms with Crippen LogP contribution in [-0.2, 0) is 31.2 Å². The highest BCUT2D eigenvalue weighted by atomic mass is 16.5. The quantitative estimate of drug-likeness (QED) is 0.681. The molecule has 4 heterocycles. The van der Waals surface area contributed by atoms with Crippen LogP contribution in [0.4, 0.5) is 0 Å². The van der Waals surface area contributed by atoms with Gasteiger partial charge in [0.25, 0.3) is 5.91 Å². The fraction of sp³-hybridized carbons (Fsp3) is 0.565. The number of nitrogens with zero attached hydrogens (tertiary/aromatic N) is 5. The molecule has 2 aromatic heterocycles. The number of aromatic nitrogens is 3. The third-order valence-corrected chi connectivity index (χ3v) is 6.36. The van der Waals surface area contributed by atoms with Crippen LogP contribution in [0.25, 0.3) is 0 Å². The number of pyridine rings is 1. The minimum absolute atomic E-state index is 0.137. The van der Waals surface area contributed by atoms with E-state index in [0.717, 1.165) is 49.3 Å². The number of likely N-dealkylation sites (tertiary alicyclic amines) is 1. The molecule has 4 rings (SSSR count). The van der Waals surface area contributed by atoms with Crippen LogP contribution < -0.4 is 9.47 Å². The molecule has 9 heteroatoms. The van der Waals surface area contributed by atoms with Gasteiger partial charge in [-0.1, -0.05) is 0 Å². The van der Waals surface area contributed by atoms with Gasteiger partial charge in [-0.3, -0.25) is 14.3 Å². The number of aryl methyl sites for hydroxylation is 2. The zero-order valence-corrected chi connectivity index (χ0v) is 19.1. The van der Waals surface area contributed by atoms with E-state index in [-0.39, 0.29) is 17.7 Å². The highest BCUT2D eigenvalue weighted by molar-refractivity contribution is 5.96. The molecule has 1 fully saturated rings. The minimum Gasteiger partial charge on any atom is -0.481 e. The topological polar surface area (TPSA) is 89.8 Å². The molecule has 0 atom stereocenters. The van der Waals surface area contributed by atoms with Crippen molar-refractivity contribution in [2.75, 3.05) is 33.9 Å². The SMILES string of the molecule is COc1ccc(C(=O)N2CCc3c(c(CCC(=O)N4CCCCC4)nn3C)C2)c(OC)n1. The molecule has 172 valence electrons. The fourth-order valence-electron chi connectivity index (χ4n) is 4.60. The summed E-state index contributed by atoms with van der Waals surface area (Å²) in [5.74, 6) is 0.703. The average Bonchev–Trinajstić information content (AvgIpc) is 3.16. The van der Waals surface area contributed by atoms with Gasteiger partial charge in [0.05, 0.1) is 19.9 Å². The Hall–Kier alpha value is -3.10. The Morgan fingerprint density at radius 3 is 2.53 bits per heavy atom. The summed E-state index contributed by atoms with van der Waals surface area (Å²) in [4.78, 5) is 33.9. The van der Waals surface area contributed by atoms with Crippen molar-refractivity contribution < 1.29 is 19.1 Å². The molecule has 32 heavy (non-hydrogen) atoms. The molecular weight excluding hydrogens is 410 g/mol. The Morgan fingerprint density at radius 2 is 1.81 bits per heavy atom. The molecule has 0 bridgehead atoms. The van der Waals surface area contributed by atoms with Gasteiger partial charge in [-0.05, 0) is 25.3 Å². The van der Waals surface area contributed by atoms with Gasteiger partial charge in [-0.2, -0.15) is 10.1 Å². The number of hydrogen-bond donors (Lipinski definition) is 0. The van der Waals surface area contributed by atoms with E-state index in [0.29, 0.717) is 37.4 Å². The van der Waals surface area contributed by atoms with E-state index in [1.165, 1.54) is 20.6 Å². The summed E-state index contributed by atoms with van der Waals surface area (Å²) in [6.07, 6.45) is 5.14. The summed E-state index contributed by atoms with van der Waals surface area (Å²) in [6.45, 7) is 2.77. The molecule has 2 aliphatic rings. The highest BCUT2D eigenvalue weighted by Gasteiger charge is 2.29. The van der Waals surface area contributed by atoms with Crippen molar-refractivity contribution in [1.29, 1.82) is 0 Å². The Bertz CT molecular complexity index is 997. The smallest absolute Gasteiger partial charge is 0.259 e. The number of ether oxygens (including phenoxy) is 2. The van der Waals surface area contributed by atoms with E-state index in [4.69, 9.17) is 9.47 Å². The van der Waals surface area contributed by atoms with Crippen LogP contribution in [0, 0.1) is 0 Å². The number of hydrogen-bond acceptors (Lipinski definition) is 6. The van der Waals surface area contributed by atoms with Gasteiger partial charge >= 0.3 is 0 Å². The van der Waals surface area contributed by atoms with Crippen molar-refractivity contribution in [3.63, 3.8) is 0 Å². The van der Waals surface area contributed by atoms with Crippen molar-refractivity contribution in [1.82, 2.24) is 24.6 Å². The second-order valence-electron chi connectivity index (χ2n) is 8.32. The van der Waals surface area contributed by atoms with Crippen molar-refractivity contribution in [3.8, 4) is 11.8 Å². The molecule has 0 saturated carbocycles. The van der Waals surface area contributed by atoms with Crippen LogP contribution in [0.15, 0.2) is 12.1 Å². The normalized spacial score (nSPS) is 16.0. The second kappa shape index (κ2) is 9.58. The molecule has 0 spiro atoms. The summed E-state index contributed by atoms with van der Waals surface area (Å²) in [5.41, 5.74) is 3.50. The number of carbonyl (C=O) groups is 2. The van der Waals surface area contributed by atoms with Gasteiger partial charge in [0.1, 0.15) is 5.56 Å². The lowest BCUT2D eigenvalue weighted by Gasteiger charge is -2.28. The van der Waals surface area contributed by atoms with E-state index in [9.17, 15) is 9.59 Å². The lowest BCUT2D eigenvalue weighted by molar-refractivity contribution is -0.132. The standard InChI is InChI=1S/C23H31N5O4/c1-26-19-11-14-28(23(30)16-7-9-20(31-2)24-22(16)32-3)15-17(19)18(25-26)8-10-21(29)27-12-5-4-6-13-27/h7,9H,4-6,8,10-15H2,1-3H3. The largest absolute Gasteiger partial charge is 0.481 e. The summed E-state index contributed by atoms with van der Waals surface area (Å²) in [5, 5.41) is 4.69. The van der Waals surface area contributed by atoms with E-state index in [1.54, 1.807) is 17.0 Å². The van der Waals surface area contributed by atoms with Gasteiger partial charge in [0, 0.05) is 69.8 Å². The maximum Gasteiger partial charge on any atom is 0.259 e. The third-order valence-electron chi connectivity index (χ3n) is 6.36. The van der Waals surface area contributed by atoms with Gasteiger partial charge in [0.2, 0.25) is 17.7 Å². The summed E-state index contributed by atoms with van der Waals surface area (Å²) >= 11 is 0. The first-order valence-electron chi connectivity index (χ1n) is 11.2. The molecule has 0 radical (unpaired) electrons. The lowest BCUT2D eigenvalue weighted by atomic mass is 10.0. The second-order valence-corrected chi connectivity index (χ2v) is 8.32. The highest BCUT2D eigenvalue weighted by Crippen LogP contribution is 2.27. The van der Waals surface area contributed by atoms with Crippen molar-refractivity contribution in [2.24, 2.45) is 7.05 Å². The van der Waals surface area contributed by atoms with Gasteiger partial charge in [-0.25, -0.2) is 0 Å². The average molecular weight is 442 g/mol. The van der Waals surface area contributed by atoms with Gasteiger partial charge < -0.3 is 19.3 Å². The Kier molecular flexibility index (Phi) is 6.62. The molecule has 0 aromatic carbocycles. The molecule has 0 N–H and O–H groups in total. The maximum absolute atomic E-state index is 13.3.